The summed E-state index contributed by atoms with van der Waals surface area (Å²) in [6, 6.07) is 3.90. The van der Waals surface area contributed by atoms with Gasteiger partial charge in [0.25, 0.3) is 0 Å². The number of carbonyl (C=O) groups excluding carboxylic acids is 1. The molecule has 0 aliphatic carbocycles. The molecular weight excluding hydrogens is 338 g/mol. The molecule has 6 heteroatoms. The van der Waals surface area contributed by atoms with Gasteiger partial charge in [0.1, 0.15) is 0 Å². The van der Waals surface area contributed by atoms with Crippen LogP contribution >= 0.6 is 12.4 Å². The number of aryl methyl sites for hydroxylation is 1. The van der Waals surface area contributed by atoms with Crippen LogP contribution in [0.4, 0.5) is 0 Å². The molecule has 138 valence electrons. The topological polar surface area (TPSA) is 56.1 Å². The minimum Gasteiger partial charge on any atom is -0.385 e. The number of rotatable bonds is 7. The number of halogens is 1. The highest BCUT2D eigenvalue weighted by Gasteiger charge is 2.16. The summed E-state index contributed by atoms with van der Waals surface area (Å²) in [6.07, 6.45) is 5.82. The number of carbonyl (C=O) groups is 1. The van der Waals surface area contributed by atoms with Crippen molar-refractivity contribution in [3.05, 3.63) is 29.5 Å². The molecule has 0 unspecified atom stereocenters. The number of Topliss-reactive ketones (excluding diaryl/α,β-unsaturated/α-hetero) is 1. The average molecular weight is 366 g/mol. The quantitative estimate of drug-likeness (QED) is 0.603. The first-order chi connectivity index (χ1) is 11.7. The lowest BCUT2D eigenvalue weighted by Crippen LogP contribution is -2.29. The largest absolute Gasteiger partial charge is 0.385 e. The van der Waals surface area contributed by atoms with Crippen molar-refractivity contribution >= 4 is 29.1 Å². The molecule has 3 rings (SSSR count). The molecular formula is C19H28ClN3O2. The van der Waals surface area contributed by atoms with Gasteiger partial charge < -0.3 is 10.1 Å². The summed E-state index contributed by atoms with van der Waals surface area (Å²) in [7, 11) is 1.67. The number of hydrogen-bond donors (Lipinski definition) is 1. The summed E-state index contributed by atoms with van der Waals surface area (Å²) in [5.74, 6) is 0.883. The van der Waals surface area contributed by atoms with Gasteiger partial charge in [-0.3, -0.25) is 9.48 Å². The first kappa shape index (κ1) is 19.9. The van der Waals surface area contributed by atoms with E-state index in [1.807, 2.05) is 19.1 Å². The Labute approximate surface area is 155 Å². The van der Waals surface area contributed by atoms with E-state index in [1.54, 1.807) is 7.11 Å². The highest BCUT2D eigenvalue weighted by Crippen LogP contribution is 2.23. The lowest BCUT2D eigenvalue weighted by Gasteiger charge is -2.22. The van der Waals surface area contributed by atoms with Crippen LogP contribution < -0.4 is 5.32 Å². The minimum absolute atomic E-state index is 0. The third kappa shape index (κ3) is 4.81. The number of nitrogens with one attached hydrogen (secondary N) is 1. The van der Waals surface area contributed by atoms with Crippen LogP contribution in [0.2, 0.25) is 0 Å². The maximum atomic E-state index is 12.4. The predicted octanol–water partition coefficient (Wildman–Crippen LogP) is 3.38. The van der Waals surface area contributed by atoms with Gasteiger partial charge in [0.05, 0.1) is 5.52 Å². The molecule has 1 N–H and O–H groups in total. The van der Waals surface area contributed by atoms with Crippen LogP contribution in [0, 0.1) is 12.8 Å². The highest BCUT2D eigenvalue weighted by molar-refractivity contribution is 6.01. The van der Waals surface area contributed by atoms with Crippen LogP contribution in [0.5, 0.6) is 0 Å². The summed E-state index contributed by atoms with van der Waals surface area (Å²) in [5.41, 5.74) is 2.85. The zero-order valence-electron chi connectivity index (χ0n) is 15.1. The molecule has 0 spiro atoms. The zero-order chi connectivity index (χ0) is 16.9. The number of ether oxygens (including phenoxy) is 1. The van der Waals surface area contributed by atoms with E-state index < -0.39 is 0 Å². The molecule has 0 atom stereocenters. The fourth-order valence-corrected chi connectivity index (χ4v) is 3.52. The van der Waals surface area contributed by atoms with E-state index in [-0.39, 0.29) is 18.2 Å². The molecule has 1 aliphatic rings. The standard InChI is InChI=1S/C19H27N3O2.ClH/c1-14-16(19(23)4-3-11-24-2)5-6-18-17(14)13-22(21-18)12-15-7-9-20-10-8-15;/h5-6,13,15,20H,3-4,7-12H2,1-2H3;1H. The lowest BCUT2D eigenvalue weighted by atomic mass is 9.98. The number of aromatic nitrogens is 2. The monoisotopic (exact) mass is 365 g/mol. The van der Waals surface area contributed by atoms with Gasteiger partial charge in [0, 0.05) is 43.8 Å². The van der Waals surface area contributed by atoms with E-state index in [4.69, 9.17) is 9.84 Å². The number of fused-ring (bicyclic) bond motifs is 1. The molecule has 0 saturated carbocycles. The van der Waals surface area contributed by atoms with Crippen molar-refractivity contribution in [1.29, 1.82) is 0 Å². The molecule has 0 radical (unpaired) electrons. The molecule has 1 aromatic carbocycles. The van der Waals surface area contributed by atoms with Gasteiger partial charge in [-0.1, -0.05) is 0 Å². The molecule has 1 aliphatic heterocycles. The summed E-state index contributed by atoms with van der Waals surface area (Å²) >= 11 is 0. The molecule has 1 fully saturated rings. The SMILES string of the molecule is COCCCC(=O)c1ccc2nn(CC3CCNCC3)cc2c1C.Cl. The first-order valence-corrected chi connectivity index (χ1v) is 8.88. The van der Waals surface area contributed by atoms with Crippen molar-refractivity contribution < 1.29 is 9.53 Å². The summed E-state index contributed by atoms with van der Waals surface area (Å²) in [5, 5.41) is 9.21. The van der Waals surface area contributed by atoms with Crippen LogP contribution in [-0.2, 0) is 11.3 Å². The van der Waals surface area contributed by atoms with Crippen LogP contribution in [0.25, 0.3) is 10.9 Å². The van der Waals surface area contributed by atoms with Gasteiger partial charge >= 0.3 is 0 Å². The molecule has 0 amide bonds. The van der Waals surface area contributed by atoms with Gasteiger partial charge in [-0.25, -0.2) is 0 Å². The average Bonchev–Trinajstić information content (AvgIpc) is 3.00. The molecule has 25 heavy (non-hydrogen) atoms. The maximum absolute atomic E-state index is 12.4. The fourth-order valence-electron chi connectivity index (χ4n) is 3.52. The Hall–Kier alpha value is -1.43. The Kier molecular flexibility index (Phi) is 7.41. The van der Waals surface area contributed by atoms with E-state index >= 15 is 0 Å². The predicted molar refractivity (Wildman–Crippen MR) is 103 cm³/mol. The molecule has 2 aromatic rings. The zero-order valence-corrected chi connectivity index (χ0v) is 15.9. The van der Waals surface area contributed by atoms with Crippen molar-refractivity contribution in [3.8, 4) is 0 Å². The summed E-state index contributed by atoms with van der Waals surface area (Å²) < 4.78 is 7.10. The Morgan fingerprint density at radius 1 is 1.36 bits per heavy atom. The lowest BCUT2D eigenvalue weighted by molar-refractivity contribution is 0.0963. The number of benzene rings is 1. The number of piperidine rings is 1. The second-order valence-electron chi connectivity index (χ2n) is 6.73. The molecule has 5 nitrogen and oxygen atoms in total. The number of hydrogen-bond acceptors (Lipinski definition) is 4. The fraction of sp³-hybridized carbons (Fsp3) is 0.579. The third-order valence-electron chi connectivity index (χ3n) is 4.96. The number of methoxy groups -OCH3 is 1. The van der Waals surface area contributed by atoms with Gasteiger partial charge in [0.15, 0.2) is 5.78 Å². The van der Waals surface area contributed by atoms with E-state index in [0.717, 1.165) is 48.1 Å². The normalized spacial score (nSPS) is 15.3. The molecule has 1 saturated heterocycles. The number of nitrogens with zero attached hydrogens (tertiary/aromatic N) is 2. The second kappa shape index (κ2) is 9.32. The minimum atomic E-state index is 0. The Bertz CT molecular complexity index is 708. The van der Waals surface area contributed by atoms with Crippen LogP contribution in [0.1, 0.15) is 41.6 Å². The summed E-state index contributed by atoms with van der Waals surface area (Å²) in [4.78, 5) is 12.4. The smallest absolute Gasteiger partial charge is 0.163 e. The second-order valence-corrected chi connectivity index (χ2v) is 6.73. The van der Waals surface area contributed by atoms with Crippen molar-refractivity contribution in [1.82, 2.24) is 15.1 Å². The Balaban J connectivity index is 0.00000225. The van der Waals surface area contributed by atoms with Gasteiger partial charge in [-0.2, -0.15) is 5.10 Å². The first-order valence-electron chi connectivity index (χ1n) is 8.88. The van der Waals surface area contributed by atoms with E-state index in [1.165, 1.54) is 12.8 Å². The van der Waals surface area contributed by atoms with Gasteiger partial charge in [-0.05, 0) is 62.9 Å². The van der Waals surface area contributed by atoms with E-state index in [0.29, 0.717) is 18.9 Å². The third-order valence-corrected chi connectivity index (χ3v) is 4.96. The van der Waals surface area contributed by atoms with Crippen molar-refractivity contribution in [3.63, 3.8) is 0 Å². The van der Waals surface area contributed by atoms with Gasteiger partial charge in [0.2, 0.25) is 0 Å². The van der Waals surface area contributed by atoms with E-state index in [9.17, 15) is 4.79 Å². The summed E-state index contributed by atoms with van der Waals surface area (Å²) in [6.45, 7) is 5.83. The molecule has 0 bridgehead atoms. The van der Waals surface area contributed by atoms with Gasteiger partial charge in [-0.15, -0.1) is 12.4 Å². The van der Waals surface area contributed by atoms with Crippen molar-refractivity contribution in [2.75, 3.05) is 26.8 Å². The Morgan fingerprint density at radius 2 is 2.12 bits per heavy atom. The van der Waals surface area contributed by atoms with Crippen LogP contribution in [0.15, 0.2) is 18.3 Å². The van der Waals surface area contributed by atoms with Crippen LogP contribution in [-0.4, -0.2) is 42.4 Å². The van der Waals surface area contributed by atoms with Crippen molar-refractivity contribution in [2.45, 2.75) is 39.2 Å². The number of ketones is 1. The molecule has 1 aromatic heterocycles. The van der Waals surface area contributed by atoms with Crippen molar-refractivity contribution in [2.24, 2.45) is 5.92 Å². The maximum Gasteiger partial charge on any atom is 0.163 e. The highest BCUT2D eigenvalue weighted by atomic mass is 35.5. The van der Waals surface area contributed by atoms with E-state index in [2.05, 4.69) is 16.2 Å². The molecule has 2 heterocycles. The Morgan fingerprint density at radius 3 is 2.84 bits per heavy atom. The van der Waals surface area contributed by atoms with Crippen LogP contribution in [0.3, 0.4) is 0 Å².